The molecule has 0 saturated carbocycles. The molecule has 2 heteroatoms. The number of benzene rings is 2. The van der Waals surface area contributed by atoms with E-state index in [1.165, 1.54) is 5.56 Å². The van der Waals surface area contributed by atoms with E-state index in [0.29, 0.717) is 0 Å². The van der Waals surface area contributed by atoms with Gasteiger partial charge in [0, 0.05) is 6.08 Å². The molecule has 0 aliphatic carbocycles. The van der Waals surface area contributed by atoms with Gasteiger partial charge in [-0.2, -0.15) is 0 Å². The lowest BCUT2D eigenvalue weighted by Gasteiger charge is -2.16. The SMILES string of the molecule is CCC(NC(=O)/C=C/c1ccccc1)c1ccc(C)cc1. The second kappa shape index (κ2) is 7.44. The van der Waals surface area contributed by atoms with E-state index in [-0.39, 0.29) is 11.9 Å². The van der Waals surface area contributed by atoms with Crippen LogP contribution in [-0.4, -0.2) is 5.91 Å². The minimum absolute atomic E-state index is 0.0542. The van der Waals surface area contributed by atoms with Crippen molar-refractivity contribution in [1.82, 2.24) is 5.32 Å². The molecule has 0 radical (unpaired) electrons. The summed E-state index contributed by atoms with van der Waals surface area (Å²) in [5, 5.41) is 3.05. The molecule has 2 nitrogen and oxygen atoms in total. The Kier molecular flexibility index (Phi) is 5.33. The fourth-order valence-corrected chi connectivity index (χ4v) is 2.18. The third-order valence-corrected chi connectivity index (χ3v) is 3.43. The van der Waals surface area contributed by atoms with Crippen LogP contribution in [0.3, 0.4) is 0 Å². The van der Waals surface area contributed by atoms with Gasteiger partial charge in [-0.05, 0) is 30.5 Å². The third kappa shape index (κ3) is 4.60. The lowest BCUT2D eigenvalue weighted by molar-refractivity contribution is -0.117. The monoisotopic (exact) mass is 279 g/mol. The number of hydrogen-bond donors (Lipinski definition) is 1. The Bertz CT molecular complexity index is 599. The summed E-state index contributed by atoms with van der Waals surface area (Å²) in [6.45, 7) is 4.14. The van der Waals surface area contributed by atoms with Crippen molar-refractivity contribution in [2.24, 2.45) is 0 Å². The zero-order valence-corrected chi connectivity index (χ0v) is 12.5. The molecule has 0 saturated heterocycles. The van der Waals surface area contributed by atoms with Crippen LogP contribution in [0, 0.1) is 6.92 Å². The third-order valence-electron chi connectivity index (χ3n) is 3.43. The number of aryl methyl sites for hydroxylation is 1. The molecule has 21 heavy (non-hydrogen) atoms. The number of hydrogen-bond acceptors (Lipinski definition) is 1. The highest BCUT2D eigenvalue weighted by atomic mass is 16.1. The quantitative estimate of drug-likeness (QED) is 0.813. The highest BCUT2D eigenvalue weighted by molar-refractivity contribution is 5.91. The molecule has 2 rings (SSSR count). The number of nitrogens with one attached hydrogen (secondary N) is 1. The first-order valence-corrected chi connectivity index (χ1v) is 7.29. The summed E-state index contributed by atoms with van der Waals surface area (Å²) in [7, 11) is 0. The van der Waals surface area contributed by atoms with Crippen LogP contribution < -0.4 is 5.32 Å². The Balaban J connectivity index is 2.00. The number of carbonyl (C=O) groups is 1. The Hall–Kier alpha value is -2.35. The molecule has 0 aliphatic heterocycles. The van der Waals surface area contributed by atoms with E-state index in [0.717, 1.165) is 17.5 Å². The predicted octanol–water partition coefficient (Wildman–Crippen LogP) is 4.28. The number of carbonyl (C=O) groups excluding carboxylic acids is 1. The van der Waals surface area contributed by atoms with E-state index in [9.17, 15) is 4.79 Å². The summed E-state index contributed by atoms with van der Waals surface area (Å²) in [6, 6.07) is 18.2. The molecule has 1 amide bonds. The molecule has 0 bridgehead atoms. The van der Waals surface area contributed by atoms with Gasteiger partial charge in [0.25, 0.3) is 0 Å². The topological polar surface area (TPSA) is 29.1 Å². The Labute approximate surface area is 126 Å². The van der Waals surface area contributed by atoms with Gasteiger partial charge in [0.1, 0.15) is 0 Å². The normalized spacial score (nSPS) is 12.3. The standard InChI is InChI=1S/C19H21NO/c1-3-18(17-12-9-15(2)10-13-17)20-19(21)14-11-16-7-5-4-6-8-16/h4-14,18H,3H2,1-2H3,(H,20,21)/b14-11+. The first kappa shape index (κ1) is 15.0. The molecular formula is C19H21NO. The summed E-state index contributed by atoms with van der Waals surface area (Å²) < 4.78 is 0. The molecule has 108 valence electrons. The van der Waals surface area contributed by atoms with Crippen LogP contribution in [0.25, 0.3) is 6.08 Å². The predicted molar refractivity (Wildman–Crippen MR) is 87.8 cm³/mol. The maximum absolute atomic E-state index is 12.0. The van der Waals surface area contributed by atoms with E-state index in [1.807, 2.05) is 36.4 Å². The first-order chi connectivity index (χ1) is 10.2. The van der Waals surface area contributed by atoms with Crippen LogP contribution in [0.2, 0.25) is 0 Å². The Morgan fingerprint density at radius 3 is 2.38 bits per heavy atom. The van der Waals surface area contributed by atoms with Crippen molar-refractivity contribution in [1.29, 1.82) is 0 Å². The van der Waals surface area contributed by atoms with E-state index >= 15 is 0 Å². The van der Waals surface area contributed by atoms with Gasteiger partial charge in [-0.3, -0.25) is 4.79 Å². The van der Waals surface area contributed by atoms with Crippen LogP contribution in [0.1, 0.15) is 36.1 Å². The van der Waals surface area contributed by atoms with Gasteiger partial charge < -0.3 is 5.32 Å². The van der Waals surface area contributed by atoms with Gasteiger partial charge in [-0.15, -0.1) is 0 Å². The zero-order valence-electron chi connectivity index (χ0n) is 12.5. The summed E-state index contributed by atoms with van der Waals surface area (Å²) in [5.74, 6) is -0.0636. The van der Waals surface area contributed by atoms with E-state index in [2.05, 4.69) is 43.4 Å². The van der Waals surface area contributed by atoms with E-state index in [4.69, 9.17) is 0 Å². The van der Waals surface area contributed by atoms with Crippen LogP contribution in [0.4, 0.5) is 0 Å². The molecule has 0 aliphatic rings. The molecule has 0 spiro atoms. The molecule has 0 fully saturated rings. The fraction of sp³-hybridized carbons (Fsp3) is 0.211. The van der Waals surface area contributed by atoms with Gasteiger partial charge >= 0.3 is 0 Å². The van der Waals surface area contributed by atoms with E-state index < -0.39 is 0 Å². The Morgan fingerprint density at radius 2 is 1.76 bits per heavy atom. The van der Waals surface area contributed by atoms with Crippen molar-refractivity contribution in [3.05, 3.63) is 77.4 Å². The van der Waals surface area contributed by atoms with Crippen molar-refractivity contribution in [3.8, 4) is 0 Å². The van der Waals surface area contributed by atoms with Gasteiger partial charge in [0.2, 0.25) is 5.91 Å². The van der Waals surface area contributed by atoms with Crippen molar-refractivity contribution in [2.45, 2.75) is 26.3 Å². The van der Waals surface area contributed by atoms with Crippen molar-refractivity contribution in [3.63, 3.8) is 0 Å². The highest BCUT2D eigenvalue weighted by Crippen LogP contribution is 2.17. The molecular weight excluding hydrogens is 258 g/mol. The van der Waals surface area contributed by atoms with Crippen LogP contribution >= 0.6 is 0 Å². The number of rotatable bonds is 5. The largest absolute Gasteiger partial charge is 0.346 e. The highest BCUT2D eigenvalue weighted by Gasteiger charge is 2.10. The second-order valence-corrected chi connectivity index (χ2v) is 5.12. The minimum atomic E-state index is -0.0636. The fourth-order valence-electron chi connectivity index (χ4n) is 2.18. The average molecular weight is 279 g/mol. The van der Waals surface area contributed by atoms with Crippen molar-refractivity contribution in [2.75, 3.05) is 0 Å². The number of amides is 1. The van der Waals surface area contributed by atoms with Crippen LogP contribution in [0.15, 0.2) is 60.7 Å². The lowest BCUT2D eigenvalue weighted by Crippen LogP contribution is -2.26. The summed E-state index contributed by atoms with van der Waals surface area (Å²) in [6.07, 6.45) is 4.29. The lowest BCUT2D eigenvalue weighted by atomic mass is 10.0. The summed E-state index contributed by atoms with van der Waals surface area (Å²) in [5.41, 5.74) is 3.39. The van der Waals surface area contributed by atoms with Gasteiger partial charge in [0.05, 0.1) is 6.04 Å². The summed E-state index contributed by atoms with van der Waals surface area (Å²) in [4.78, 5) is 12.0. The molecule has 2 aromatic carbocycles. The molecule has 0 aromatic heterocycles. The molecule has 1 atom stereocenters. The zero-order chi connectivity index (χ0) is 15.1. The van der Waals surface area contributed by atoms with E-state index in [1.54, 1.807) is 6.08 Å². The summed E-state index contributed by atoms with van der Waals surface area (Å²) >= 11 is 0. The molecule has 2 aromatic rings. The average Bonchev–Trinajstić information content (AvgIpc) is 2.52. The van der Waals surface area contributed by atoms with Crippen LogP contribution in [-0.2, 0) is 4.79 Å². The second-order valence-electron chi connectivity index (χ2n) is 5.12. The molecule has 1 N–H and O–H groups in total. The first-order valence-electron chi connectivity index (χ1n) is 7.29. The van der Waals surface area contributed by atoms with Crippen molar-refractivity contribution >= 4 is 12.0 Å². The maximum atomic E-state index is 12.0. The van der Waals surface area contributed by atoms with Gasteiger partial charge in [0.15, 0.2) is 0 Å². The van der Waals surface area contributed by atoms with Gasteiger partial charge in [-0.1, -0.05) is 67.1 Å². The minimum Gasteiger partial charge on any atom is -0.346 e. The van der Waals surface area contributed by atoms with Gasteiger partial charge in [-0.25, -0.2) is 0 Å². The molecule has 0 heterocycles. The van der Waals surface area contributed by atoms with Crippen molar-refractivity contribution < 1.29 is 4.79 Å². The molecule has 1 unspecified atom stereocenters. The smallest absolute Gasteiger partial charge is 0.244 e. The van der Waals surface area contributed by atoms with Crippen LogP contribution in [0.5, 0.6) is 0 Å². The Morgan fingerprint density at radius 1 is 1.10 bits per heavy atom. The maximum Gasteiger partial charge on any atom is 0.244 e.